The molecule has 1 aliphatic heterocycles. The van der Waals surface area contributed by atoms with Crippen LogP contribution in [-0.2, 0) is 0 Å². The van der Waals surface area contributed by atoms with Crippen LogP contribution >= 0.6 is 0 Å². The SMILES string of the molecule is COc1cc(C(=O)N2CCC(c3ccc(N)nn3)CC2)ccc1-c1ccc(OC(CF)C2CC2)nc1. The zero-order chi connectivity index (χ0) is 25.1. The maximum absolute atomic E-state index is 13.2. The number of likely N-dealkylation sites (tertiary alicyclic amines) is 1. The molecule has 36 heavy (non-hydrogen) atoms. The van der Waals surface area contributed by atoms with Crippen LogP contribution in [0.3, 0.4) is 0 Å². The fourth-order valence-corrected chi connectivity index (χ4v) is 4.68. The second-order valence-corrected chi connectivity index (χ2v) is 9.40. The van der Waals surface area contributed by atoms with Crippen LogP contribution in [0, 0.1) is 5.92 Å². The number of carbonyl (C=O) groups is 1. The molecule has 2 aromatic heterocycles. The maximum atomic E-state index is 13.2. The van der Waals surface area contributed by atoms with E-state index in [4.69, 9.17) is 15.2 Å². The Kier molecular flexibility index (Phi) is 6.97. The molecular weight excluding hydrogens is 461 g/mol. The summed E-state index contributed by atoms with van der Waals surface area (Å²) in [5, 5.41) is 8.15. The van der Waals surface area contributed by atoms with E-state index in [2.05, 4.69) is 15.2 Å². The lowest BCUT2D eigenvalue weighted by Crippen LogP contribution is -2.38. The number of nitrogen functional groups attached to an aromatic ring is 1. The first-order valence-corrected chi connectivity index (χ1v) is 12.3. The van der Waals surface area contributed by atoms with Gasteiger partial charge in [-0.3, -0.25) is 4.79 Å². The first-order valence-electron chi connectivity index (χ1n) is 12.3. The fourth-order valence-electron chi connectivity index (χ4n) is 4.68. The number of nitrogens with zero attached hydrogens (tertiary/aromatic N) is 4. The fraction of sp³-hybridized carbons (Fsp3) is 0.407. The van der Waals surface area contributed by atoms with Gasteiger partial charge in [-0.25, -0.2) is 9.37 Å². The highest BCUT2D eigenvalue weighted by atomic mass is 19.1. The molecule has 2 N–H and O–H groups in total. The number of rotatable bonds is 8. The molecule has 0 radical (unpaired) electrons. The second-order valence-electron chi connectivity index (χ2n) is 9.40. The minimum Gasteiger partial charge on any atom is -0.496 e. The molecular formula is C27H30FN5O3. The molecule has 188 valence electrons. The van der Waals surface area contributed by atoms with E-state index in [0.717, 1.165) is 42.5 Å². The van der Waals surface area contributed by atoms with E-state index >= 15 is 0 Å². The third-order valence-corrected chi connectivity index (χ3v) is 6.97. The Balaban J connectivity index is 1.24. The van der Waals surface area contributed by atoms with E-state index in [0.29, 0.717) is 42.0 Å². The number of hydrogen-bond donors (Lipinski definition) is 1. The number of halogens is 1. The minimum absolute atomic E-state index is 0.0269. The predicted molar refractivity (Wildman–Crippen MR) is 134 cm³/mol. The van der Waals surface area contributed by atoms with Gasteiger partial charge in [-0.15, -0.1) is 5.10 Å². The molecule has 8 nitrogen and oxygen atoms in total. The molecule has 1 saturated carbocycles. The van der Waals surface area contributed by atoms with Crippen LogP contribution in [0.25, 0.3) is 11.1 Å². The van der Waals surface area contributed by atoms with Gasteiger partial charge in [0.2, 0.25) is 5.88 Å². The molecule has 1 unspecified atom stereocenters. The van der Waals surface area contributed by atoms with Gasteiger partial charge < -0.3 is 20.1 Å². The molecule has 1 amide bonds. The van der Waals surface area contributed by atoms with Crippen LogP contribution in [-0.4, -0.2) is 59.0 Å². The lowest BCUT2D eigenvalue weighted by molar-refractivity contribution is 0.0711. The number of ether oxygens (including phenoxy) is 2. The van der Waals surface area contributed by atoms with Crippen LogP contribution in [0.2, 0.25) is 0 Å². The average Bonchev–Trinajstić information content (AvgIpc) is 3.77. The Morgan fingerprint density at radius 2 is 1.92 bits per heavy atom. The third-order valence-electron chi connectivity index (χ3n) is 6.97. The second kappa shape index (κ2) is 10.5. The van der Waals surface area contributed by atoms with Crippen molar-refractivity contribution in [2.24, 2.45) is 5.92 Å². The quantitative estimate of drug-likeness (QED) is 0.502. The van der Waals surface area contributed by atoms with Crippen molar-refractivity contribution in [1.82, 2.24) is 20.1 Å². The molecule has 9 heteroatoms. The van der Waals surface area contributed by atoms with Crippen molar-refractivity contribution in [3.05, 3.63) is 59.9 Å². The van der Waals surface area contributed by atoms with Gasteiger partial charge in [0.25, 0.3) is 5.91 Å². The Labute approximate surface area is 209 Å². The van der Waals surface area contributed by atoms with E-state index in [1.165, 1.54) is 0 Å². The highest BCUT2D eigenvalue weighted by molar-refractivity contribution is 5.95. The molecule has 3 aromatic rings. The van der Waals surface area contributed by atoms with Crippen molar-refractivity contribution in [2.75, 3.05) is 32.6 Å². The molecule has 1 aromatic carbocycles. The molecule has 2 fully saturated rings. The summed E-state index contributed by atoms with van der Waals surface area (Å²) < 4.78 is 24.5. The first kappa shape index (κ1) is 24.0. The summed E-state index contributed by atoms with van der Waals surface area (Å²) >= 11 is 0. The standard InChI is InChI=1S/C27H30FN5O3/c1-35-23-14-19(27(34)33-12-10-17(11-13-33)22-7-8-25(29)32-31-22)4-6-21(23)20-5-9-26(30-16-20)36-24(15-28)18-2-3-18/h4-9,14,16-18,24H,2-3,10-13,15H2,1H3,(H2,29,32). The number of benzene rings is 1. The molecule has 0 bridgehead atoms. The number of amides is 1. The number of piperidine rings is 1. The summed E-state index contributed by atoms with van der Waals surface area (Å²) in [5.41, 5.74) is 8.77. The van der Waals surface area contributed by atoms with E-state index in [-0.39, 0.29) is 11.8 Å². The molecule has 0 spiro atoms. The van der Waals surface area contributed by atoms with Gasteiger partial charge in [0.1, 0.15) is 24.3 Å². The van der Waals surface area contributed by atoms with Gasteiger partial charge in [-0.1, -0.05) is 0 Å². The summed E-state index contributed by atoms with van der Waals surface area (Å²) in [7, 11) is 1.58. The van der Waals surface area contributed by atoms with Crippen molar-refractivity contribution < 1.29 is 18.7 Å². The number of carbonyl (C=O) groups excluding carboxylic acids is 1. The highest BCUT2D eigenvalue weighted by Gasteiger charge is 2.33. The van der Waals surface area contributed by atoms with Crippen molar-refractivity contribution in [2.45, 2.75) is 37.7 Å². The first-order chi connectivity index (χ1) is 17.6. The zero-order valence-corrected chi connectivity index (χ0v) is 20.3. The maximum Gasteiger partial charge on any atom is 0.253 e. The highest BCUT2D eigenvalue weighted by Crippen LogP contribution is 2.36. The summed E-state index contributed by atoms with van der Waals surface area (Å²) in [6.07, 6.45) is 4.91. The number of hydrogen-bond acceptors (Lipinski definition) is 7. The number of nitrogens with two attached hydrogens (primary N) is 1. The predicted octanol–water partition coefficient (Wildman–Crippen LogP) is 4.28. The van der Waals surface area contributed by atoms with Gasteiger partial charge in [0.15, 0.2) is 0 Å². The van der Waals surface area contributed by atoms with Crippen LogP contribution in [0.4, 0.5) is 10.2 Å². The Hall–Kier alpha value is -3.75. The Morgan fingerprint density at radius 1 is 1.11 bits per heavy atom. The van der Waals surface area contributed by atoms with Crippen LogP contribution in [0.5, 0.6) is 11.6 Å². The van der Waals surface area contributed by atoms with Crippen molar-refractivity contribution in [1.29, 1.82) is 0 Å². The van der Waals surface area contributed by atoms with E-state index < -0.39 is 12.8 Å². The van der Waals surface area contributed by atoms with Gasteiger partial charge in [0.05, 0.1) is 12.8 Å². The summed E-state index contributed by atoms with van der Waals surface area (Å²) in [6.45, 7) is 0.780. The molecule has 2 aliphatic rings. The lowest BCUT2D eigenvalue weighted by Gasteiger charge is -2.31. The number of pyridine rings is 1. The number of anilines is 1. The summed E-state index contributed by atoms with van der Waals surface area (Å²) in [4.78, 5) is 19.4. The van der Waals surface area contributed by atoms with Crippen molar-refractivity contribution in [3.63, 3.8) is 0 Å². The molecule has 1 atom stereocenters. The van der Waals surface area contributed by atoms with Gasteiger partial charge in [0, 0.05) is 48.0 Å². The average molecular weight is 492 g/mol. The topological polar surface area (TPSA) is 103 Å². The molecule has 1 aliphatic carbocycles. The number of alkyl halides is 1. The summed E-state index contributed by atoms with van der Waals surface area (Å²) in [5.74, 6) is 1.93. The monoisotopic (exact) mass is 491 g/mol. The van der Waals surface area contributed by atoms with Gasteiger partial charge in [-0.2, -0.15) is 5.10 Å². The van der Waals surface area contributed by atoms with E-state index in [1.54, 1.807) is 31.5 Å². The Bertz CT molecular complexity index is 1190. The number of methoxy groups -OCH3 is 1. The minimum atomic E-state index is -0.509. The smallest absolute Gasteiger partial charge is 0.253 e. The van der Waals surface area contributed by atoms with Crippen molar-refractivity contribution >= 4 is 11.7 Å². The third kappa shape index (κ3) is 5.24. The van der Waals surface area contributed by atoms with E-state index in [9.17, 15) is 9.18 Å². The number of aromatic nitrogens is 3. The van der Waals surface area contributed by atoms with Crippen LogP contribution in [0.15, 0.2) is 48.7 Å². The van der Waals surface area contributed by atoms with Gasteiger partial charge >= 0.3 is 0 Å². The lowest BCUT2D eigenvalue weighted by atomic mass is 9.93. The van der Waals surface area contributed by atoms with Crippen molar-refractivity contribution in [3.8, 4) is 22.8 Å². The largest absolute Gasteiger partial charge is 0.496 e. The van der Waals surface area contributed by atoms with Gasteiger partial charge in [-0.05, 0) is 68.0 Å². The summed E-state index contributed by atoms with van der Waals surface area (Å²) in [6, 6.07) is 12.7. The Morgan fingerprint density at radius 3 is 2.53 bits per heavy atom. The van der Waals surface area contributed by atoms with Crippen LogP contribution in [0.1, 0.15) is 47.7 Å². The van der Waals surface area contributed by atoms with E-state index in [1.807, 2.05) is 29.2 Å². The molecule has 3 heterocycles. The molecule has 1 saturated heterocycles. The van der Waals surface area contributed by atoms with Crippen LogP contribution < -0.4 is 15.2 Å². The zero-order valence-electron chi connectivity index (χ0n) is 20.3. The normalized spacial score (nSPS) is 17.0. The molecule has 5 rings (SSSR count).